The largest absolute Gasteiger partial charge is 0.448 e. The lowest BCUT2D eigenvalue weighted by atomic mass is 10.2. The van der Waals surface area contributed by atoms with Gasteiger partial charge in [0.25, 0.3) is 0 Å². The lowest BCUT2D eigenvalue weighted by Gasteiger charge is -2.13. The summed E-state index contributed by atoms with van der Waals surface area (Å²) < 4.78 is 42.6. The van der Waals surface area contributed by atoms with Crippen molar-refractivity contribution in [1.29, 1.82) is 0 Å². The minimum atomic E-state index is -4.52. The van der Waals surface area contributed by atoms with Gasteiger partial charge in [-0.05, 0) is 22.0 Å². The zero-order valence-electron chi connectivity index (χ0n) is 8.92. The Hall–Kier alpha value is -1.51. The molecule has 0 atom stereocenters. The number of amides is 1. The van der Waals surface area contributed by atoms with Gasteiger partial charge in [0, 0.05) is 10.7 Å². The Bertz CT molecular complexity index is 440. The normalized spacial score (nSPS) is 11.1. The van der Waals surface area contributed by atoms with Crippen molar-refractivity contribution < 1.29 is 22.7 Å². The summed E-state index contributed by atoms with van der Waals surface area (Å²) >= 11 is 2.91. The number of nitrogens with two attached hydrogens (primary N) is 1. The van der Waals surface area contributed by atoms with Crippen LogP contribution in [-0.2, 0) is 10.9 Å². The molecule has 1 amide bonds. The van der Waals surface area contributed by atoms with Crippen LogP contribution in [0.25, 0.3) is 0 Å². The average molecular weight is 328 g/mol. The quantitative estimate of drug-likeness (QED) is 0.832. The van der Waals surface area contributed by atoms with Crippen molar-refractivity contribution in [2.75, 3.05) is 18.5 Å². The number of nitrogens with zero attached hydrogens (tertiary/aromatic N) is 1. The van der Waals surface area contributed by atoms with Gasteiger partial charge in [0.05, 0.1) is 12.1 Å². The highest BCUT2D eigenvalue weighted by Crippen LogP contribution is 2.35. The van der Waals surface area contributed by atoms with E-state index in [1.807, 2.05) is 0 Å². The molecule has 1 aromatic rings. The number of aromatic nitrogens is 1. The second-order valence-corrected chi connectivity index (χ2v) is 4.06. The Balaban J connectivity index is 2.73. The molecule has 1 aromatic heterocycles. The molecule has 100 valence electrons. The number of hydrogen-bond acceptors (Lipinski definition) is 4. The van der Waals surface area contributed by atoms with Crippen molar-refractivity contribution >= 4 is 27.8 Å². The van der Waals surface area contributed by atoms with Gasteiger partial charge in [-0.25, -0.2) is 9.78 Å². The first-order valence-electron chi connectivity index (χ1n) is 4.69. The maximum Gasteiger partial charge on any atom is 0.419 e. The van der Waals surface area contributed by atoms with Crippen LogP contribution in [0.5, 0.6) is 0 Å². The summed E-state index contributed by atoms with van der Waals surface area (Å²) in [4.78, 5) is 13.9. The van der Waals surface area contributed by atoms with Crippen LogP contribution in [0.15, 0.2) is 16.7 Å². The van der Waals surface area contributed by atoms with Crippen LogP contribution >= 0.6 is 15.9 Å². The SMILES string of the molecule is NC(=O)OCCNc1ncc(Br)cc1C(F)(F)F. The van der Waals surface area contributed by atoms with Crippen molar-refractivity contribution in [3.8, 4) is 0 Å². The zero-order valence-corrected chi connectivity index (χ0v) is 10.5. The third-order valence-corrected chi connectivity index (χ3v) is 2.23. The molecule has 18 heavy (non-hydrogen) atoms. The molecule has 9 heteroatoms. The molecule has 0 bridgehead atoms. The third-order valence-electron chi connectivity index (χ3n) is 1.80. The number of pyridine rings is 1. The first-order chi connectivity index (χ1) is 8.30. The van der Waals surface area contributed by atoms with Gasteiger partial charge < -0.3 is 15.8 Å². The van der Waals surface area contributed by atoms with E-state index in [2.05, 4.69) is 31.0 Å². The highest BCUT2D eigenvalue weighted by Gasteiger charge is 2.34. The molecule has 0 aliphatic rings. The number of halogens is 4. The van der Waals surface area contributed by atoms with E-state index in [0.29, 0.717) is 0 Å². The second kappa shape index (κ2) is 5.89. The summed E-state index contributed by atoms with van der Waals surface area (Å²) in [5.41, 5.74) is 3.79. The van der Waals surface area contributed by atoms with Gasteiger partial charge in [-0.15, -0.1) is 0 Å². The number of rotatable bonds is 4. The van der Waals surface area contributed by atoms with Gasteiger partial charge in [0.15, 0.2) is 0 Å². The van der Waals surface area contributed by atoms with Crippen LogP contribution < -0.4 is 11.1 Å². The summed E-state index contributed by atoms with van der Waals surface area (Å²) in [5.74, 6) is -0.334. The Kier molecular flexibility index (Phi) is 4.76. The molecular formula is C9H9BrF3N3O2. The number of nitrogens with one attached hydrogen (secondary N) is 1. The lowest BCUT2D eigenvalue weighted by Crippen LogP contribution is -2.20. The smallest absolute Gasteiger partial charge is 0.419 e. The molecule has 0 aliphatic carbocycles. The predicted molar refractivity (Wildman–Crippen MR) is 61.0 cm³/mol. The van der Waals surface area contributed by atoms with Crippen molar-refractivity contribution in [2.24, 2.45) is 5.73 Å². The van der Waals surface area contributed by atoms with Gasteiger partial charge in [0.1, 0.15) is 12.4 Å². The van der Waals surface area contributed by atoms with E-state index in [0.717, 1.165) is 6.07 Å². The fourth-order valence-corrected chi connectivity index (χ4v) is 1.45. The Labute approximate surface area is 109 Å². The summed E-state index contributed by atoms with van der Waals surface area (Å²) in [7, 11) is 0. The first-order valence-corrected chi connectivity index (χ1v) is 5.49. The number of anilines is 1. The highest BCUT2D eigenvalue weighted by molar-refractivity contribution is 9.10. The molecule has 0 spiro atoms. The number of hydrogen-bond donors (Lipinski definition) is 2. The summed E-state index contributed by atoms with van der Waals surface area (Å²) in [6.45, 7) is -0.176. The number of carbonyl (C=O) groups is 1. The monoisotopic (exact) mass is 327 g/mol. The number of alkyl halides is 3. The van der Waals surface area contributed by atoms with Crippen molar-refractivity contribution in [3.63, 3.8) is 0 Å². The van der Waals surface area contributed by atoms with Crippen LogP contribution in [0, 0.1) is 0 Å². The van der Waals surface area contributed by atoms with Crippen molar-refractivity contribution in [1.82, 2.24) is 4.98 Å². The standard InChI is InChI=1S/C9H9BrF3N3O2/c10-5-3-6(9(11,12)13)7(16-4-5)15-1-2-18-8(14)17/h3-4H,1-2H2,(H2,14,17)(H,15,16). The van der Waals surface area contributed by atoms with Crippen LogP contribution in [0.2, 0.25) is 0 Å². The third kappa shape index (κ3) is 4.40. The summed E-state index contributed by atoms with van der Waals surface area (Å²) in [5, 5.41) is 2.42. The molecule has 5 nitrogen and oxygen atoms in total. The van der Waals surface area contributed by atoms with Crippen LogP contribution in [0.3, 0.4) is 0 Å². The molecule has 1 heterocycles. The van der Waals surface area contributed by atoms with Crippen molar-refractivity contribution in [3.05, 3.63) is 22.3 Å². The Morgan fingerprint density at radius 2 is 2.22 bits per heavy atom. The average Bonchev–Trinajstić information content (AvgIpc) is 2.24. The van der Waals surface area contributed by atoms with Gasteiger partial charge >= 0.3 is 12.3 Å². The van der Waals surface area contributed by atoms with E-state index in [1.165, 1.54) is 6.20 Å². The number of carbonyl (C=O) groups excluding carboxylic acids is 1. The van der Waals surface area contributed by atoms with Crippen LogP contribution in [0.1, 0.15) is 5.56 Å². The Morgan fingerprint density at radius 3 is 2.78 bits per heavy atom. The topological polar surface area (TPSA) is 77.2 Å². The molecule has 0 aliphatic heterocycles. The number of ether oxygens (including phenoxy) is 1. The summed E-state index contributed by atoms with van der Waals surface area (Å²) in [6.07, 6.45) is -4.28. The van der Waals surface area contributed by atoms with Crippen LogP contribution in [-0.4, -0.2) is 24.2 Å². The van der Waals surface area contributed by atoms with Gasteiger partial charge in [-0.3, -0.25) is 0 Å². The molecule has 0 saturated carbocycles. The van der Waals surface area contributed by atoms with E-state index < -0.39 is 17.8 Å². The van der Waals surface area contributed by atoms with Crippen LogP contribution in [0.4, 0.5) is 23.8 Å². The molecule has 0 fully saturated rings. The first kappa shape index (κ1) is 14.6. The molecular weight excluding hydrogens is 319 g/mol. The Morgan fingerprint density at radius 1 is 1.56 bits per heavy atom. The lowest BCUT2D eigenvalue weighted by molar-refractivity contribution is -0.137. The molecule has 1 rings (SSSR count). The molecule has 0 unspecified atom stereocenters. The maximum absolute atomic E-state index is 12.7. The van der Waals surface area contributed by atoms with E-state index in [4.69, 9.17) is 5.73 Å². The fourth-order valence-electron chi connectivity index (χ4n) is 1.12. The molecule has 0 radical (unpaired) electrons. The van der Waals surface area contributed by atoms with E-state index in [9.17, 15) is 18.0 Å². The molecule has 3 N–H and O–H groups in total. The molecule has 0 aromatic carbocycles. The highest BCUT2D eigenvalue weighted by atomic mass is 79.9. The minimum Gasteiger partial charge on any atom is -0.448 e. The molecule has 0 saturated heterocycles. The van der Waals surface area contributed by atoms with E-state index >= 15 is 0 Å². The van der Waals surface area contributed by atoms with E-state index in [-0.39, 0.29) is 23.4 Å². The van der Waals surface area contributed by atoms with Gasteiger partial charge in [-0.1, -0.05) is 0 Å². The maximum atomic E-state index is 12.7. The zero-order chi connectivity index (χ0) is 13.8. The predicted octanol–water partition coefficient (Wildman–Crippen LogP) is 2.37. The van der Waals surface area contributed by atoms with E-state index in [1.54, 1.807) is 0 Å². The second-order valence-electron chi connectivity index (χ2n) is 3.14. The summed E-state index contributed by atoms with van der Waals surface area (Å²) in [6, 6.07) is 0.907. The fraction of sp³-hybridized carbons (Fsp3) is 0.333. The van der Waals surface area contributed by atoms with Gasteiger partial charge in [0.2, 0.25) is 0 Å². The minimum absolute atomic E-state index is 0.0271. The van der Waals surface area contributed by atoms with Gasteiger partial charge in [-0.2, -0.15) is 13.2 Å². The van der Waals surface area contributed by atoms with Crippen molar-refractivity contribution in [2.45, 2.75) is 6.18 Å². The number of primary amides is 1.